The molecule has 30 heavy (non-hydrogen) atoms. The van der Waals surface area contributed by atoms with Crippen molar-refractivity contribution in [3.8, 4) is 0 Å². The number of aliphatic imine (C=N–C) groups is 1. The van der Waals surface area contributed by atoms with Gasteiger partial charge in [-0.1, -0.05) is 53.6 Å². The zero-order valence-electron chi connectivity index (χ0n) is 16.0. The number of nitrogens with one attached hydrogen (secondary N) is 3. The van der Waals surface area contributed by atoms with Gasteiger partial charge in [-0.3, -0.25) is 4.79 Å². The van der Waals surface area contributed by atoms with Crippen LogP contribution in [0.15, 0.2) is 64.0 Å². The van der Waals surface area contributed by atoms with Crippen molar-refractivity contribution in [2.75, 3.05) is 30.4 Å². The minimum absolute atomic E-state index is 0.125. The highest BCUT2D eigenvalue weighted by atomic mass is 16.5. The van der Waals surface area contributed by atoms with Crippen LogP contribution in [0, 0.1) is 0 Å². The molecule has 0 unspecified atom stereocenters. The first-order valence-electron chi connectivity index (χ1n) is 9.72. The largest absolute Gasteiger partial charge is 0.406 e. The van der Waals surface area contributed by atoms with E-state index in [1.54, 1.807) is 0 Å². The van der Waals surface area contributed by atoms with Crippen LogP contribution in [0.25, 0.3) is 0 Å². The number of benzodiazepines with no additional fused rings is 1. The number of anilines is 2. The Labute approximate surface area is 172 Å². The summed E-state index contributed by atoms with van der Waals surface area (Å²) in [6.45, 7) is 1.82. The van der Waals surface area contributed by atoms with Crippen LogP contribution in [0.1, 0.15) is 23.1 Å². The van der Waals surface area contributed by atoms with Gasteiger partial charge in [-0.25, -0.2) is 4.99 Å². The normalized spacial score (nSPS) is 21.2. The van der Waals surface area contributed by atoms with Gasteiger partial charge in [0.2, 0.25) is 12.1 Å². The van der Waals surface area contributed by atoms with Gasteiger partial charge in [0.15, 0.2) is 0 Å². The maximum absolute atomic E-state index is 12.9. The molecule has 0 saturated carbocycles. The molecule has 3 N–H and O–H groups in total. The Morgan fingerprint density at radius 2 is 1.87 bits per heavy atom. The van der Waals surface area contributed by atoms with E-state index in [0.717, 1.165) is 11.1 Å². The summed E-state index contributed by atoms with van der Waals surface area (Å²) in [4.78, 5) is 17.6. The fourth-order valence-corrected chi connectivity index (χ4v) is 3.46. The predicted molar refractivity (Wildman–Crippen MR) is 110 cm³/mol. The van der Waals surface area contributed by atoms with Crippen molar-refractivity contribution < 1.29 is 13.9 Å². The van der Waals surface area contributed by atoms with Crippen LogP contribution in [0.4, 0.5) is 11.7 Å². The summed E-state index contributed by atoms with van der Waals surface area (Å²) in [7, 11) is 0. The van der Waals surface area contributed by atoms with Gasteiger partial charge in [0, 0.05) is 17.7 Å². The molecule has 5 rings (SSSR count). The molecule has 1 fully saturated rings. The van der Waals surface area contributed by atoms with Crippen molar-refractivity contribution in [1.29, 1.82) is 0 Å². The highest BCUT2D eigenvalue weighted by Gasteiger charge is 2.28. The van der Waals surface area contributed by atoms with Crippen LogP contribution in [-0.4, -0.2) is 47.7 Å². The Morgan fingerprint density at radius 1 is 1.03 bits per heavy atom. The molecular formula is C21H20N6O3. The van der Waals surface area contributed by atoms with Crippen molar-refractivity contribution in [2.24, 2.45) is 4.99 Å². The number of rotatable bonds is 4. The van der Waals surface area contributed by atoms with Gasteiger partial charge in [0.05, 0.1) is 24.6 Å². The van der Waals surface area contributed by atoms with E-state index in [1.165, 1.54) is 0 Å². The molecule has 2 aliphatic rings. The van der Waals surface area contributed by atoms with E-state index in [2.05, 4.69) is 26.1 Å². The third-order valence-corrected chi connectivity index (χ3v) is 4.91. The highest BCUT2D eigenvalue weighted by molar-refractivity contribution is 6.19. The molecule has 9 nitrogen and oxygen atoms in total. The second-order valence-electron chi connectivity index (χ2n) is 6.95. The average molecular weight is 404 g/mol. The monoisotopic (exact) mass is 404 g/mol. The van der Waals surface area contributed by atoms with Gasteiger partial charge in [-0.2, -0.15) is 0 Å². The smallest absolute Gasteiger partial charge is 0.317 e. The molecule has 3 heterocycles. The number of carbonyl (C=O) groups excluding carboxylic acids is 1. The number of morpholine rings is 1. The third-order valence-electron chi connectivity index (χ3n) is 4.91. The molecule has 9 heteroatoms. The van der Waals surface area contributed by atoms with Crippen LogP contribution in [0.2, 0.25) is 0 Å². The van der Waals surface area contributed by atoms with Gasteiger partial charge in [-0.05, 0) is 6.07 Å². The summed E-state index contributed by atoms with van der Waals surface area (Å²) >= 11 is 0. The third kappa shape index (κ3) is 3.68. The van der Waals surface area contributed by atoms with E-state index in [0.29, 0.717) is 37.0 Å². The lowest BCUT2D eigenvalue weighted by Gasteiger charge is -2.20. The fourth-order valence-electron chi connectivity index (χ4n) is 3.46. The number of benzene rings is 2. The molecule has 0 spiro atoms. The van der Waals surface area contributed by atoms with Crippen LogP contribution >= 0.6 is 0 Å². The molecule has 2 atom stereocenters. The Morgan fingerprint density at radius 3 is 2.70 bits per heavy atom. The summed E-state index contributed by atoms with van der Waals surface area (Å²) in [5.74, 6) is 0.0917. The first-order valence-corrected chi connectivity index (χ1v) is 9.72. The molecular weight excluding hydrogens is 384 g/mol. The molecule has 1 saturated heterocycles. The highest BCUT2D eigenvalue weighted by Crippen LogP contribution is 2.25. The lowest BCUT2D eigenvalue weighted by atomic mass is 10.0. The molecule has 1 amide bonds. The van der Waals surface area contributed by atoms with Crippen molar-refractivity contribution in [2.45, 2.75) is 12.2 Å². The summed E-state index contributed by atoms with van der Waals surface area (Å²) in [5, 5.41) is 17.2. The van der Waals surface area contributed by atoms with Crippen LogP contribution in [0.5, 0.6) is 0 Å². The number of ether oxygens (including phenoxy) is 1. The molecule has 2 aromatic carbocycles. The zero-order valence-corrected chi connectivity index (χ0v) is 16.0. The predicted octanol–water partition coefficient (Wildman–Crippen LogP) is 1.96. The molecule has 0 radical (unpaired) electrons. The summed E-state index contributed by atoms with van der Waals surface area (Å²) < 4.78 is 11.1. The molecule has 2 aliphatic heterocycles. The van der Waals surface area contributed by atoms with E-state index in [9.17, 15) is 4.79 Å². The topological polar surface area (TPSA) is 114 Å². The lowest BCUT2D eigenvalue weighted by molar-refractivity contribution is -0.116. The zero-order chi connectivity index (χ0) is 20.3. The van der Waals surface area contributed by atoms with Crippen LogP contribution in [0.3, 0.4) is 0 Å². The number of hydrogen-bond acceptors (Lipinski definition) is 8. The first kappa shape index (κ1) is 18.5. The summed E-state index contributed by atoms with van der Waals surface area (Å²) in [5.41, 5.74) is 3.15. The molecule has 152 valence electrons. The van der Waals surface area contributed by atoms with Gasteiger partial charge in [0.25, 0.3) is 5.91 Å². The van der Waals surface area contributed by atoms with Crippen LogP contribution < -0.4 is 16.0 Å². The van der Waals surface area contributed by atoms with Crippen molar-refractivity contribution in [3.63, 3.8) is 0 Å². The van der Waals surface area contributed by atoms with Gasteiger partial charge in [-0.15, -0.1) is 5.10 Å². The second kappa shape index (κ2) is 8.05. The maximum atomic E-state index is 12.9. The number of amides is 1. The number of para-hydroxylation sites is 1. The number of carbonyl (C=O) groups is 1. The fraction of sp³-hybridized carbons (Fsp3) is 0.238. The van der Waals surface area contributed by atoms with E-state index in [1.807, 2.05) is 54.6 Å². The maximum Gasteiger partial charge on any atom is 0.317 e. The van der Waals surface area contributed by atoms with Crippen molar-refractivity contribution in [1.82, 2.24) is 15.5 Å². The lowest BCUT2D eigenvalue weighted by Crippen LogP contribution is -2.34. The Kier molecular flexibility index (Phi) is 4.96. The number of aromatic nitrogens is 2. The second-order valence-corrected chi connectivity index (χ2v) is 6.95. The SMILES string of the molecule is O=C1Nc2ccccc2C(c2ccccc2)=N[C@@H]1Nc1nnc([C@H]2COCCN2)o1. The van der Waals surface area contributed by atoms with E-state index in [-0.39, 0.29) is 18.0 Å². The molecule has 0 aliphatic carbocycles. The minimum atomic E-state index is -0.934. The van der Waals surface area contributed by atoms with E-state index >= 15 is 0 Å². The standard InChI is InChI=1S/C21H20N6O3/c28-19-18(25-21-27-26-20(30-21)16-12-29-11-10-22-16)24-17(13-6-2-1-3-7-13)14-8-4-5-9-15(14)23-19/h1-9,16,18,22H,10-12H2,(H,23,28)(H,25,27)/t16-,18-/m1/s1. The van der Waals surface area contributed by atoms with Crippen molar-refractivity contribution in [3.05, 3.63) is 71.6 Å². The van der Waals surface area contributed by atoms with E-state index in [4.69, 9.17) is 14.1 Å². The molecule has 0 bridgehead atoms. The Hall–Kier alpha value is -3.56. The summed E-state index contributed by atoms with van der Waals surface area (Å²) in [6.07, 6.45) is -0.934. The van der Waals surface area contributed by atoms with Gasteiger partial charge >= 0.3 is 6.01 Å². The summed E-state index contributed by atoms with van der Waals surface area (Å²) in [6, 6.07) is 17.3. The van der Waals surface area contributed by atoms with Gasteiger partial charge in [0.1, 0.15) is 6.04 Å². The Bertz CT molecular complexity index is 1080. The molecule has 1 aromatic heterocycles. The Balaban J connectivity index is 1.46. The average Bonchev–Trinajstić information content (AvgIpc) is 3.21. The van der Waals surface area contributed by atoms with E-state index < -0.39 is 6.17 Å². The quantitative estimate of drug-likeness (QED) is 0.609. The van der Waals surface area contributed by atoms with Gasteiger partial charge < -0.3 is 25.1 Å². The number of hydrogen-bond donors (Lipinski definition) is 3. The minimum Gasteiger partial charge on any atom is -0.406 e. The van der Waals surface area contributed by atoms with Crippen molar-refractivity contribution >= 4 is 23.3 Å². The first-order chi connectivity index (χ1) is 14.8. The molecule has 3 aromatic rings. The number of nitrogens with zero attached hydrogens (tertiary/aromatic N) is 3. The van der Waals surface area contributed by atoms with Crippen LogP contribution in [-0.2, 0) is 9.53 Å². The number of fused-ring (bicyclic) bond motifs is 1.